The van der Waals surface area contributed by atoms with Crippen LogP contribution in [0.25, 0.3) is 32.0 Å². The minimum Gasteiger partial charge on any atom is -0.469 e. The maximum Gasteiger partial charge on any atom is 0.208 e. The zero-order valence-electron chi connectivity index (χ0n) is 76.1. The van der Waals surface area contributed by atoms with Gasteiger partial charge >= 0.3 is 0 Å². The number of aryl methyl sites for hydroxylation is 12. The number of fused-ring (bicyclic) bond motifs is 9. The number of hydrogen-bond donors (Lipinski definition) is 4. The summed E-state index contributed by atoms with van der Waals surface area (Å²) >= 11 is 6.79. The van der Waals surface area contributed by atoms with Crippen LogP contribution >= 0.6 is 45.3 Å². The van der Waals surface area contributed by atoms with Crippen molar-refractivity contribution in [3.8, 4) is 0 Å². The summed E-state index contributed by atoms with van der Waals surface area (Å²) in [6.45, 7) is 72.0. The van der Waals surface area contributed by atoms with Crippen LogP contribution in [0.5, 0.6) is 0 Å². The van der Waals surface area contributed by atoms with Gasteiger partial charge in [-0.3, -0.25) is 0 Å². The number of aromatic nitrogens is 10. The second-order valence-electron chi connectivity index (χ2n) is 17.6. The molecule has 0 spiro atoms. The zero-order valence-corrected chi connectivity index (χ0v) is 79.3. The summed E-state index contributed by atoms with van der Waals surface area (Å²) in [6, 6.07) is 12.2. The maximum absolute atomic E-state index is 5.18. The number of furan rings is 2. The average molecular weight is 1580 g/mol. The predicted molar refractivity (Wildman–Crippen MR) is 492 cm³/mol. The summed E-state index contributed by atoms with van der Waals surface area (Å²) in [4.78, 5) is 41.5. The molecule has 12 aromatic heterocycles. The molecule has 0 aliphatic heterocycles. The van der Waals surface area contributed by atoms with Crippen molar-refractivity contribution in [2.24, 2.45) is 0 Å². The smallest absolute Gasteiger partial charge is 0.208 e. The molecule has 624 valence electrons. The van der Waals surface area contributed by atoms with E-state index in [-0.39, 0.29) is 0 Å². The van der Waals surface area contributed by atoms with E-state index in [4.69, 9.17) is 17.7 Å². The second-order valence-corrected chi connectivity index (χ2v) is 21.3. The van der Waals surface area contributed by atoms with Gasteiger partial charge in [0, 0.05) is 52.4 Å². The highest BCUT2D eigenvalue weighted by Gasteiger charge is 2.15. The van der Waals surface area contributed by atoms with Crippen molar-refractivity contribution in [3.63, 3.8) is 0 Å². The van der Waals surface area contributed by atoms with Gasteiger partial charge in [0.15, 0.2) is 18.4 Å². The average Bonchev–Trinajstić information content (AvgIpc) is 1.87. The Kier molecular flexibility index (Phi) is 107. The highest BCUT2D eigenvalue weighted by atomic mass is 32.1. The van der Waals surface area contributed by atoms with Crippen LogP contribution in [0.1, 0.15) is 354 Å². The highest BCUT2D eigenvalue weighted by molar-refractivity contribution is 7.16. The molecule has 12 heterocycles. The van der Waals surface area contributed by atoms with E-state index in [1.165, 1.54) is 171 Å². The topological polar surface area (TPSA) is 193 Å². The van der Waals surface area contributed by atoms with Gasteiger partial charge in [0.1, 0.15) is 22.6 Å². The first-order valence-corrected chi connectivity index (χ1v) is 46.3. The van der Waals surface area contributed by atoms with Crippen LogP contribution in [0.2, 0.25) is 0 Å². The van der Waals surface area contributed by atoms with Crippen molar-refractivity contribution in [2.75, 3.05) is 0 Å². The summed E-state index contributed by atoms with van der Waals surface area (Å²) in [5, 5.41) is 4.16. The van der Waals surface area contributed by atoms with E-state index >= 15 is 0 Å². The molecule has 108 heavy (non-hydrogen) atoms. The lowest BCUT2D eigenvalue weighted by Crippen LogP contribution is -1.74. The van der Waals surface area contributed by atoms with E-state index in [2.05, 4.69) is 73.4 Å². The highest BCUT2D eigenvalue weighted by Crippen LogP contribution is 2.27. The number of rotatable bonds is 0. The largest absolute Gasteiger partial charge is 0.469 e. The number of nitrogens with one attached hydrogen (secondary N) is 4. The molecular weight excluding hydrogens is 1410 g/mol. The van der Waals surface area contributed by atoms with E-state index in [0.29, 0.717) is 0 Å². The first kappa shape index (κ1) is 120. The van der Waals surface area contributed by atoms with Crippen LogP contribution in [0, 0.1) is 0 Å². The SMILES string of the molecule is CC.CC.CC.CC.CC.CC.CC.CC.CC.CC.CC.CC.CC.CC.CC.CC.CC.CC.c1cc2c([nH]1)CCC2.c1cc2c(o1)CCC2.c1cc2c(s1)CCC2.c1cc2ncsc2o1.c1nc2[nH]ccc2[nH]1.c1nc2c([nH]1)CCC2.c1nc2c(o1)CCC2.c1nc2c(s1)CCC2.c1nc2ccsc2o1. The van der Waals surface area contributed by atoms with E-state index in [1.54, 1.807) is 63.8 Å². The molecule has 18 heteroatoms. The normalized spacial score (nSPS) is 10.7. The fourth-order valence-corrected chi connectivity index (χ4v) is 12.4. The molecule has 6 aliphatic rings. The Morgan fingerprint density at radius 2 is 0.769 bits per heavy atom. The molecule has 6 aliphatic carbocycles. The molecule has 0 aromatic carbocycles. The minimum absolute atomic E-state index is 0.907. The third-order valence-electron chi connectivity index (χ3n) is 13.0. The fraction of sp³-hybridized carbons (Fsp3) is 0.600. The van der Waals surface area contributed by atoms with Gasteiger partial charge in [-0.25, -0.2) is 29.9 Å². The Hall–Kier alpha value is -6.60. The third-order valence-corrected chi connectivity index (χ3v) is 16.5. The molecule has 18 rings (SSSR count). The monoisotopic (exact) mass is 1580 g/mol. The van der Waals surface area contributed by atoms with E-state index in [9.17, 15) is 0 Å². The van der Waals surface area contributed by atoms with Crippen LogP contribution in [0.4, 0.5) is 0 Å². The van der Waals surface area contributed by atoms with E-state index in [1.807, 2.05) is 302 Å². The molecule has 0 saturated carbocycles. The first-order valence-electron chi connectivity index (χ1n) is 42.8. The van der Waals surface area contributed by atoms with Crippen LogP contribution in [0.3, 0.4) is 0 Å². The molecule has 0 fully saturated rings. The zero-order chi connectivity index (χ0) is 84.6. The summed E-state index contributed by atoms with van der Waals surface area (Å²) in [6.07, 6.45) is 36.3. The minimum atomic E-state index is 0.907. The van der Waals surface area contributed by atoms with Crippen LogP contribution in [-0.2, 0) is 77.0 Å². The van der Waals surface area contributed by atoms with Crippen molar-refractivity contribution < 1.29 is 17.7 Å². The van der Waals surface area contributed by atoms with Crippen molar-refractivity contribution >= 4 is 77.3 Å². The molecule has 12 aromatic rings. The number of hydrogen-bond acceptors (Lipinski definition) is 14. The lowest BCUT2D eigenvalue weighted by molar-refractivity contribution is 0.508. The molecule has 0 unspecified atom stereocenters. The third kappa shape index (κ3) is 51.0. The second kappa shape index (κ2) is 96.5. The summed E-state index contributed by atoms with van der Waals surface area (Å²) < 4.78 is 20.2. The Bertz CT molecular complexity index is 2680. The van der Waals surface area contributed by atoms with Gasteiger partial charge in [-0.05, 0) is 161 Å². The standard InChI is InChI=1S/C7H9N.C7H8O.C7H8S.C6H8N2.C6H7NO.C6H7NS.C5H5N3.2C5H3NOS.18C2H6/c3*1-2-6-4-5-8-7(6)3-1;3*1-2-5-6(3-1)8-4-7-5;1-2-6-5-4(1)7-3-8-5;1-2-8-5-4(1)6-3-7-5;1-2-7-5-4(1)6-3-8-5;18*1-2/h4-5,8H,1-3H2;2*4-5H,1-3H2;4H,1-3H2,(H,7,8);2*4H,1-3H2;1-3,6H,(H,7,8);2*1-3H;18*1-2H3. The predicted octanol–water partition coefficient (Wildman–Crippen LogP) is 32.3. The molecule has 0 saturated heterocycles. The van der Waals surface area contributed by atoms with Crippen molar-refractivity contribution in [1.29, 1.82) is 0 Å². The number of thiazole rings is 2. The number of H-pyrrole nitrogens is 4. The van der Waals surface area contributed by atoms with Crippen molar-refractivity contribution in [1.82, 2.24) is 49.8 Å². The first-order chi connectivity index (χ1) is 53.7. The molecule has 14 nitrogen and oxygen atoms in total. The number of thiophene rings is 2. The quantitative estimate of drug-likeness (QED) is 0.114. The van der Waals surface area contributed by atoms with Gasteiger partial charge in [-0.2, -0.15) is 0 Å². The molecule has 0 bridgehead atoms. The molecular formula is C90H166N10O4S4. The summed E-state index contributed by atoms with van der Waals surface area (Å²) in [7, 11) is 0. The summed E-state index contributed by atoms with van der Waals surface area (Å²) in [5.74, 6) is 2.31. The Balaban J connectivity index is -0.000000139. The van der Waals surface area contributed by atoms with Crippen molar-refractivity contribution in [2.45, 2.75) is 365 Å². The number of oxazole rings is 2. The molecule has 4 N–H and O–H groups in total. The Morgan fingerprint density at radius 3 is 1.35 bits per heavy atom. The summed E-state index contributed by atoms with van der Waals surface area (Å²) in [5.41, 5.74) is 18.8. The number of nitrogens with zero attached hydrogens (tertiary/aromatic N) is 6. The maximum atomic E-state index is 5.18. The number of aromatic amines is 4. The van der Waals surface area contributed by atoms with Gasteiger partial charge in [0.05, 0.1) is 58.8 Å². The number of imidazole rings is 2. The van der Waals surface area contributed by atoms with Crippen LogP contribution < -0.4 is 0 Å². The Morgan fingerprint density at radius 1 is 0.287 bits per heavy atom. The van der Waals surface area contributed by atoms with Crippen LogP contribution in [-0.4, -0.2) is 49.8 Å². The fourth-order valence-electron chi connectivity index (χ4n) is 9.26. The lowest BCUT2D eigenvalue weighted by atomic mass is 10.3. The Labute approximate surface area is 680 Å². The van der Waals surface area contributed by atoms with Gasteiger partial charge in [-0.1, -0.05) is 261 Å². The van der Waals surface area contributed by atoms with E-state index in [0.717, 1.165) is 57.0 Å². The molecule has 0 radical (unpaired) electrons. The van der Waals surface area contributed by atoms with Crippen molar-refractivity contribution in [3.05, 3.63) is 175 Å². The molecule has 0 amide bonds. The van der Waals surface area contributed by atoms with Gasteiger partial charge in [-0.15, -0.1) is 34.0 Å². The van der Waals surface area contributed by atoms with Crippen LogP contribution in [0.15, 0.2) is 126 Å². The van der Waals surface area contributed by atoms with Gasteiger partial charge < -0.3 is 37.6 Å². The lowest BCUT2D eigenvalue weighted by Gasteiger charge is -1.81. The molecule has 0 atom stereocenters. The van der Waals surface area contributed by atoms with E-state index < -0.39 is 0 Å². The van der Waals surface area contributed by atoms with Gasteiger partial charge in [0.25, 0.3) is 0 Å². The van der Waals surface area contributed by atoms with Gasteiger partial charge in [0.2, 0.25) is 9.79 Å².